The first-order valence-electron chi connectivity index (χ1n) is 8.06. The van der Waals surface area contributed by atoms with Crippen LogP contribution in [0.15, 0.2) is 18.2 Å². The van der Waals surface area contributed by atoms with E-state index in [4.69, 9.17) is 9.84 Å². The molecule has 3 rings (SSSR count). The SMILES string of the molecule is CC1COc2cc(C(=O)O)ccc2CN1C(=O)C1CCNCC1. The van der Waals surface area contributed by atoms with Gasteiger partial charge in [-0.15, -0.1) is 0 Å². The van der Waals surface area contributed by atoms with E-state index in [-0.39, 0.29) is 23.4 Å². The second-order valence-corrected chi connectivity index (χ2v) is 6.28. The zero-order valence-electron chi connectivity index (χ0n) is 13.2. The number of hydrogen-bond acceptors (Lipinski definition) is 4. The van der Waals surface area contributed by atoms with E-state index in [0.717, 1.165) is 31.5 Å². The summed E-state index contributed by atoms with van der Waals surface area (Å²) in [5, 5.41) is 12.4. The number of carbonyl (C=O) groups excluding carboxylic acids is 1. The number of amides is 1. The maximum Gasteiger partial charge on any atom is 0.335 e. The highest BCUT2D eigenvalue weighted by Gasteiger charge is 2.31. The van der Waals surface area contributed by atoms with Crippen LogP contribution in [0.5, 0.6) is 5.75 Å². The lowest BCUT2D eigenvalue weighted by atomic mass is 9.95. The average molecular weight is 318 g/mol. The Balaban J connectivity index is 1.82. The van der Waals surface area contributed by atoms with Crippen molar-refractivity contribution in [2.45, 2.75) is 32.4 Å². The molecular weight excluding hydrogens is 296 g/mol. The van der Waals surface area contributed by atoms with Gasteiger partial charge in [0, 0.05) is 18.0 Å². The number of carbonyl (C=O) groups is 2. The van der Waals surface area contributed by atoms with Gasteiger partial charge in [0.1, 0.15) is 12.4 Å². The Hall–Kier alpha value is -2.08. The van der Waals surface area contributed by atoms with Gasteiger partial charge in [-0.1, -0.05) is 6.07 Å². The molecule has 23 heavy (non-hydrogen) atoms. The Morgan fingerprint density at radius 3 is 2.74 bits per heavy atom. The molecule has 6 heteroatoms. The van der Waals surface area contributed by atoms with Gasteiger partial charge in [-0.05, 0) is 45.0 Å². The third-order valence-electron chi connectivity index (χ3n) is 4.64. The topological polar surface area (TPSA) is 78.9 Å². The summed E-state index contributed by atoms with van der Waals surface area (Å²) in [7, 11) is 0. The molecule has 1 fully saturated rings. The Morgan fingerprint density at radius 2 is 2.04 bits per heavy atom. The van der Waals surface area contributed by atoms with Crippen molar-refractivity contribution < 1.29 is 19.4 Å². The fraction of sp³-hybridized carbons (Fsp3) is 0.529. The molecule has 2 aliphatic rings. The van der Waals surface area contributed by atoms with Crippen LogP contribution in [0.4, 0.5) is 0 Å². The maximum atomic E-state index is 12.8. The van der Waals surface area contributed by atoms with Crippen LogP contribution < -0.4 is 10.1 Å². The van der Waals surface area contributed by atoms with Gasteiger partial charge in [0.15, 0.2) is 0 Å². The molecule has 1 aromatic carbocycles. The third-order valence-corrected chi connectivity index (χ3v) is 4.64. The molecule has 1 amide bonds. The number of benzene rings is 1. The van der Waals surface area contributed by atoms with Crippen molar-refractivity contribution in [1.29, 1.82) is 0 Å². The number of ether oxygens (including phenoxy) is 1. The van der Waals surface area contributed by atoms with E-state index in [1.807, 2.05) is 11.8 Å². The minimum Gasteiger partial charge on any atom is -0.491 e. The molecule has 0 aromatic heterocycles. The monoisotopic (exact) mass is 318 g/mol. The summed E-state index contributed by atoms with van der Waals surface area (Å²) in [4.78, 5) is 25.8. The predicted molar refractivity (Wildman–Crippen MR) is 84.5 cm³/mol. The lowest BCUT2D eigenvalue weighted by Gasteiger charge is -2.32. The van der Waals surface area contributed by atoms with E-state index < -0.39 is 5.97 Å². The number of nitrogens with zero attached hydrogens (tertiary/aromatic N) is 1. The smallest absolute Gasteiger partial charge is 0.335 e. The molecule has 1 atom stereocenters. The van der Waals surface area contributed by atoms with Crippen LogP contribution in [0.3, 0.4) is 0 Å². The van der Waals surface area contributed by atoms with Gasteiger partial charge < -0.3 is 20.1 Å². The van der Waals surface area contributed by atoms with Gasteiger partial charge >= 0.3 is 5.97 Å². The van der Waals surface area contributed by atoms with Gasteiger partial charge in [0.2, 0.25) is 5.91 Å². The van der Waals surface area contributed by atoms with Crippen molar-refractivity contribution in [2.24, 2.45) is 5.92 Å². The molecule has 6 nitrogen and oxygen atoms in total. The molecule has 0 spiro atoms. The zero-order chi connectivity index (χ0) is 16.4. The molecule has 1 saturated heterocycles. The maximum absolute atomic E-state index is 12.8. The van der Waals surface area contributed by atoms with E-state index in [2.05, 4.69) is 5.32 Å². The van der Waals surface area contributed by atoms with Crippen molar-refractivity contribution in [2.75, 3.05) is 19.7 Å². The number of nitrogens with one attached hydrogen (secondary N) is 1. The van der Waals surface area contributed by atoms with E-state index in [0.29, 0.717) is 18.9 Å². The molecule has 1 unspecified atom stereocenters. The minimum atomic E-state index is -0.976. The fourth-order valence-electron chi connectivity index (χ4n) is 3.19. The standard InChI is InChI=1S/C17H22N2O4/c1-11-10-23-15-8-13(17(21)22)2-3-14(15)9-19(11)16(20)12-4-6-18-7-5-12/h2-3,8,11-12,18H,4-7,9-10H2,1H3,(H,21,22). The van der Waals surface area contributed by atoms with Crippen LogP contribution in [0.25, 0.3) is 0 Å². The molecule has 0 aliphatic carbocycles. The van der Waals surface area contributed by atoms with E-state index in [1.165, 1.54) is 0 Å². The summed E-state index contributed by atoms with van der Waals surface area (Å²) >= 11 is 0. The van der Waals surface area contributed by atoms with Gasteiger partial charge in [0.05, 0.1) is 11.6 Å². The number of rotatable bonds is 2. The van der Waals surface area contributed by atoms with Gasteiger partial charge in [-0.3, -0.25) is 4.79 Å². The number of carboxylic acid groups (broad SMARTS) is 1. The molecule has 0 saturated carbocycles. The summed E-state index contributed by atoms with van der Waals surface area (Å²) in [6, 6.07) is 4.83. The normalized spacial score (nSPS) is 22.0. The Morgan fingerprint density at radius 1 is 1.30 bits per heavy atom. The van der Waals surface area contributed by atoms with Gasteiger partial charge in [-0.25, -0.2) is 4.79 Å². The van der Waals surface area contributed by atoms with Crippen molar-refractivity contribution in [1.82, 2.24) is 10.2 Å². The molecule has 2 N–H and O–H groups in total. The van der Waals surface area contributed by atoms with Crippen molar-refractivity contribution in [3.05, 3.63) is 29.3 Å². The molecule has 0 radical (unpaired) electrons. The number of fused-ring (bicyclic) bond motifs is 1. The van der Waals surface area contributed by atoms with Gasteiger partial charge in [0.25, 0.3) is 0 Å². The Labute approximate surface area is 135 Å². The Kier molecular flexibility index (Phi) is 4.52. The largest absolute Gasteiger partial charge is 0.491 e. The first kappa shape index (κ1) is 15.8. The van der Waals surface area contributed by atoms with Crippen molar-refractivity contribution in [3.8, 4) is 5.75 Å². The van der Waals surface area contributed by atoms with Crippen LogP contribution in [0.1, 0.15) is 35.7 Å². The molecule has 1 aromatic rings. The molecule has 0 bridgehead atoms. The second-order valence-electron chi connectivity index (χ2n) is 6.28. The summed E-state index contributed by atoms with van der Waals surface area (Å²) in [5.74, 6) is -0.162. The number of aromatic carboxylic acids is 1. The minimum absolute atomic E-state index is 0.0296. The summed E-state index contributed by atoms with van der Waals surface area (Å²) < 4.78 is 5.75. The van der Waals surface area contributed by atoms with Gasteiger partial charge in [-0.2, -0.15) is 0 Å². The lowest BCUT2D eigenvalue weighted by molar-refractivity contribution is -0.139. The summed E-state index contributed by atoms with van der Waals surface area (Å²) in [5.41, 5.74) is 1.07. The highest BCUT2D eigenvalue weighted by atomic mass is 16.5. The van der Waals surface area contributed by atoms with Crippen LogP contribution in [-0.4, -0.2) is 47.6 Å². The lowest BCUT2D eigenvalue weighted by Crippen LogP contribution is -2.45. The first-order chi connectivity index (χ1) is 11.1. The Bertz CT molecular complexity index is 611. The predicted octanol–water partition coefficient (Wildman–Crippen LogP) is 1.49. The van der Waals surface area contributed by atoms with Crippen LogP contribution in [-0.2, 0) is 11.3 Å². The summed E-state index contributed by atoms with van der Waals surface area (Å²) in [6.07, 6.45) is 1.74. The van der Waals surface area contributed by atoms with Crippen LogP contribution in [0.2, 0.25) is 0 Å². The summed E-state index contributed by atoms with van der Waals surface area (Å²) in [6.45, 7) is 4.59. The average Bonchev–Trinajstić information content (AvgIpc) is 2.74. The van der Waals surface area contributed by atoms with E-state index >= 15 is 0 Å². The quantitative estimate of drug-likeness (QED) is 0.864. The van der Waals surface area contributed by atoms with Crippen LogP contribution >= 0.6 is 0 Å². The third kappa shape index (κ3) is 3.32. The molecule has 2 aliphatic heterocycles. The number of hydrogen-bond donors (Lipinski definition) is 2. The molecular formula is C17H22N2O4. The number of carboxylic acids is 1. The van der Waals surface area contributed by atoms with E-state index in [1.54, 1.807) is 18.2 Å². The van der Waals surface area contributed by atoms with Crippen molar-refractivity contribution >= 4 is 11.9 Å². The fourth-order valence-corrected chi connectivity index (χ4v) is 3.19. The second kappa shape index (κ2) is 6.58. The molecule has 124 valence electrons. The molecule has 2 heterocycles. The number of piperidine rings is 1. The first-order valence-corrected chi connectivity index (χ1v) is 8.06. The van der Waals surface area contributed by atoms with Crippen molar-refractivity contribution in [3.63, 3.8) is 0 Å². The highest BCUT2D eigenvalue weighted by Crippen LogP contribution is 2.28. The van der Waals surface area contributed by atoms with E-state index in [9.17, 15) is 9.59 Å². The highest BCUT2D eigenvalue weighted by molar-refractivity contribution is 5.88. The zero-order valence-corrected chi connectivity index (χ0v) is 13.2. The van der Waals surface area contributed by atoms with Crippen LogP contribution in [0, 0.1) is 5.92 Å².